The van der Waals surface area contributed by atoms with Gasteiger partial charge in [-0.2, -0.15) is 0 Å². The molecule has 2 aromatic heterocycles. The highest BCUT2D eigenvalue weighted by atomic mass is 35.5. The van der Waals surface area contributed by atoms with Crippen molar-refractivity contribution in [1.29, 1.82) is 0 Å². The van der Waals surface area contributed by atoms with Gasteiger partial charge in [0, 0.05) is 34.7 Å². The average Bonchev–Trinajstić information content (AvgIpc) is 2.81. The van der Waals surface area contributed by atoms with Crippen molar-refractivity contribution in [2.45, 2.75) is 18.5 Å². The number of rotatable bonds is 6. The SMILES string of the molecule is COc1cc(OC)c(Cl)c(-c2cc3cnc(N[C@@H]4COCCC4N=[N+]=[N-])nc3cn2)c1Cl. The maximum Gasteiger partial charge on any atom is 0.223 e. The van der Waals surface area contributed by atoms with E-state index in [1.165, 1.54) is 14.2 Å². The lowest BCUT2D eigenvalue weighted by Gasteiger charge is -2.28. The zero-order valence-corrected chi connectivity index (χ0v) is 18.8. The number of ether oxygens (including phenoxy) is 3. The number of fused-ring (bicyclic) bond motifs is 1. The summed E-state index contributed by atoms with van der Waals surface area (Å²) in [6.07, 6.45) is 3.91. The summed E-state index contributed by atoms with van der Waals surface area (Å²) in [4.78, 5) is 16.3. The molecule has 0 saturated carbocycles. The van der Waals surface area contributed by atoms with Crippen LogP contribution in [0.1, 0.15) is 6.42 Å². The number of nitrogens with one attached hydrogen (secondary N) is 1. The molecular weight excluding hydrogens is 457 g/mol. The quantitative estimate of drug-likeness (QED) is 0.305. The number of aromatic nitrogens is 3. The second-order valence-electron chi connectivity index (χ2n) is 6.99. The smallest absolute Gasteiger partial charge is 0.223 e. The van der Waals surface area contributed by atoms with Gasteiger partial charge in [0.05, 0.1) is 60.4 Å². The molecule has 1 saturated heterocycles. The van der Waals surface area contributed by atoms with Crippen LogP contribution in [-0.4, -0.2) is 54.5 Å². The number of nitrogens with zero attached hydrogens (tertiary/aromatic N) is 6. The maximum atomic E-state index is 8.78. The third-order valence-electron chi connectivity index (χ3n) is 5.13. The molecule has 1 N–H and O–H groups in total. The normalized spacial score (nSPS) is 18.1. The first-order valence-electron chi connectivity index (χ1n) is 9.67. The number of anilines is 1. The minimum atomic E-state index is -0.235. The Morgan fingerprint density at radius 3 is 2.59 bits per heavy atom. The number of azide groups is 1. The molecule has 2 atom stereocenters. The lowest BCUT2D eigenvalue weighted by atomic mass is 10.1. The molecule has 0 amide bonds. The van der Waals surface area contributed by atoms with E-state index in [1.54, 1.807) is 24.5 Å². The fraction of sp³-hybridized carbons (Fsp3) is 0.350. The van der Waals surface area contributed by atoms with E-state index in [0.29, 0.717) is 63.9 Å². The van der Waals surface area contributed by atoms with Gasteiger partial charge in [-0.25, -0.2) is 9.97 Å². The highest BCUT2D eigenvalue weighted by Crippen LogP contribution is 2.45. The number of hydrogen-bond acceptors (Lipinski definition) is 8. The van der Waals surface area contributed by atoms with Crippen LogP contribution in [0.25, 0.3) is 32.6 Å². The first kappa shape index (κ1) is 22.2. The lowest BCUT2D eigenvalue weighted by Crippen LogP contribution is -2.41. The third kappa shape index (κ3) is 4.31. The Labute approximate surface area is 193 Å². The Morgan fingerprint density at radius 2 is 1.91 bits per heavy atom. The van der Waals surface area contributed by atoms with Crippen molar-refractivity contribution in [1.82, 2.24) is 15.0 Å². The first-order chi connectivity index (χ1) is 15.5. The Balaban J connectivity index is 1.68. The van der Waals surface area contributed by atoms with Gasteiger partial charge < -0.3 is 19.5 Å². The second-order valence-corrected chi connectivity index (χ2v) is 7.75. The maximum absolute atomic E-state index is 8.78. The van der Waals surface area contributed by atoms with Crippen LogP contribution in [0.3, 0.4) is 0 Å². The molecule has 1 fully saturated rings. The van der Waals surface area contributed by atoms with E-state index in [1.807, 2.05) is 0 Å². The summed E-state index contributed by atoms with van der Waals surface area (Å²) in [5.74, 6) is 1.23. The number of pyridine rings is 1. The molecule has 12 heteroatoms. The predicted octanol–water partition coefficient (Wildman–Crippen LogP) is 4.90. The van der Waals surface area contributed by atoms with Gasteiger partial charge in [0.15, 0.2) is 0 Å². The molecule has 0 radical (unpaired) electrons. The van der Waals surface area contributed by atoms with Crippen LogP contribution in [0.2, 0.25) is 10.0 Å². The fourth-order valence-electron chi connectivity index (χ4n) is 3.49. The van der Waals surface area contributed by atoms with Crippen molar-refractivity contribution in [2.24, 2.45) is 5.11 Å². The zero-order valence-electron chi connectivity index (χ0n) is 17.2. The molecule has 1 aliphatic rings. The van der Waals surface area contributed by atoms with Gasteiger partial charge in [-0.05, 0) is 18.0 Å². The standard InChI is InChI=1S/C20H19Cl2N7O3/c1-30-15-6-16(31-2)19(22)17(18(15)21)12-5-10-7-25-20(26-13(10)8-24-12)27-14-9-32-4-3-11(14)28-29-23/h5-8,11,14H,3-4,9H2,1-2H3,(H,25,26,27)/t11?,14-/m1/s1. The van der Waals surface area contributed by atoms with E-state index in [4.69, 9.17) is 42.9 Å². The number of hydrogen-bond donors (Lipinski definition) is 1. The van der Waals surface area contributed by atoms with Crippen LogP contribution < -0.4 is 14.8 Å². The molecule has 32 heavy (non-hydrogen) atoms. The molecule has 0 bridgehead atoms. The lowest BCUT2D eigenvalue weighted by molar-refractivity contribution is 0.0767. The van der Waals surface area contributed by atoms with Gasteiger partial charge in [0.2, 0.25) is 5.95 Å². The zero-order chi connectivity index (χ0) is 22.7. The summed E-state index contributed by atoms with van der Waals surface area (Å²) in [5, 5.41) is 8.41. The molecule has 0 aliphatic carbocycles. The monoisotopic (exact) mass is 475 g/mol. The van der Waals surface area contributed by atoms with Crippen LogP contribution in [-0.2, 0) is 4.74 Å². The molecule has 4 rings (SSSR count). The minimum Gasteiger partial charge on any atom is -0.495 e. The minimum absolute atomic E-state index is 0.216. The van der Waals surface area contributed by atoms with Crippen LogP contribution in [0.4, 0.5) is 5.95 Å². The molecule has 1 aromatic carbocycles. The molecular formula is C20H19Cl2N7O3. The van der Waals surface area contributed by atoms with Crippen molar-refractivity contribution in [2.75, 3.05) is 32.8 Å². The Bertz CT molecular complexity index is 1180. The van der Waals surface area contributed by atoms with Crippen LogP contribution in [0.5, 0.6) is 11.5 Å². The van der Waals surface area contributed by atoms with Crippen molar-refractivity contribution in [3.05, 3.63) is 45.0 Å². The van der Waals surface area contributed by atoms with Gasteiger partial charge >= 0.3 is 0 Å². The van der Waals surface area contributed by atoms with Gasteiger partial charge in [-0.15, -0.1) is 0 Å². The highest BCUT2D eigenvalue weighted by molar-refractivity contribution is 6.41. The van der Waals surface area contributed by atoms with Gasteiger partial charge in [-0.3, -0.25) is 4.98 Å². The number of benzene rings is 1. The summed E-state index contributed by atoms with van der Waals surface area (Å²) in [6.45, 7) is 0.949. The van der Waals surface area contributed by atoms with Crippen molar-refractivity contribution >= 4 is 40.1 Å². The Hall–Kier alpha value is -3.04. The van der Waals surface area contributed by atoms with Crippen LogP contribution >= 0.6 is 23.2 Å². The van der Waals surface area contributed by atoms with Crippen molar-refractivity contribution in [3.8, 4) is 22.8 Å². The summed E-state index contributed by atoms with van der Waals surface area (Å²) >= 11 is 13.0. The summed E-state index contributed by atoms with van der Waals surface area (Å²) in [5.41, 5.74) is 10.4. The summed E-state index contributed by atoms with van der Waals surface area (Å²) < 4.78 is 16.2. The van der Waals surface area contributed by atoms with E-state index < -0.39 is 0 Å². The van der Waals surface area contributed by atoms with E-state index in [-0.39, 0.29) is 12.1 Å². The van der Waals surface area contributed by atoms with Crippen molar-refractivity contribution < 1.29 is 14.2 Å². The molecule has 166 valence electrons. The summed E-state index contributed by atoms with van der Waals surface area (Å²) in [6, 6.07) is 2.96. The van der Waals surface area contributed by atoms with Gasteiger partial charge in [-0.1, -0.05) is 28.3 Å². The Kier molecular flexibility index (Phi) is 6.66. The molecule has 3 heterocycles. The highest BCUT2D eigenvalue weighted by Gasteiger charge is 2.25. The van der Waals surface area contributed by atoms with Crippen molar-refractivity contribution in [3.63, 3.8) is 0 Å². The van der Waals surface area contributed by atoms with E-state index in [0.717, 1.165) is 5.39 Å². The molecule has 3 aromatic rings. The average molecular weight is 476 g/mol. The third-order valence-corrected chi connectivity index (χ3v) is 5.88. The number of methoxy groups -OCH3 is 2. The predicted molar refractivity (Wildman–Crippen MR) is 122 cm³/mol. The Morgan fingerprint density at radius 1 is 1.16 bits per heavy atom. The fourth-order valence-corrected chi connectivity index (χ4v) is 4.18. The topological polar surface area (TPSA) is 127 Å². The molecule has 1 unspecified atom stereocenters. The largest absolute Gasteiger partial charge is 0.495 e. The second kappa shape index (κ2) is 9.62. The van der Waals surface area contributed by atoms with E-state index >= 15 is 0 Å². The summed E-state index contributed by atoms with van der Waals surface area (Å²) in [7, 11) is 3.02. The van der Waals surface area contributed by atoms with Crippen LogP contribution in [0.15, 0.2) is 29.6 Å². The van der Waals surface area contributed by atoms with Gasteiger partial charge in [0.1, 0.15) is 11.5 Å². The number of halogens is 2. The molecule has 0 spiro atoms. The van der Waals surface area contributed by atoms with Gasteiger partial charge in [0.25, 0.3) is 0 Å². The first-order valence-corrected chi connectivity index (χ1v) is 10.4. The van der Waals surface area contributed by atoms with E-state index in [2.05, 4.69) is 30.3 Å². The molecule has 10 nitrogen and oxygen atoms in total. The van der Waals surface area contributed by atoms with E-state index in [9.17, 15) is 0 Å². The van der Waals surface area contributed by atoms with Crippen LogP contribution in [0, 0.1) is 0 Å². The molecule has 1 aliphatic heterocycles.